The number of benzene rings is 1. The van der Waals surface area contributed by atoms with Crippen molar-refractivity contribution in [2.45, 2.75) is 0 Å². The van der Waals surface area contributed by atoms with Crippen LogP contribution in [-0.2, 0) is 0 Å². The first-order valence-corrected chi connectivity index (χ1v) is 4.35. The van der Waals surface area contributed by atoms with Crippen molar-refractivity contribution >= 4 is 23.2 Å². The highest BCUT2D eigenvalue weighted by Gasteiger charge is 2.10. The Morgan fingerprint density at radius 2 is 2.21 bits per heavy atom. The average molecular weight is 214 g/mol. The molecular formula is C9H12ClN3O. The van der Waals surface area contributed by atoms with Crippen LogP contribution in [0.2, 0.25) is 5.02 Å². The van der Waals surface area contributed by atoms with E-state index in [-0.39, 0.29) is 5.96 Å². The summed E-state index contributed by atoms with van der Waals surface area (Å²) < 4.78 is 5.12. The van der Waals surface area contributed by atoms with Crippen LogP contribution in [0.3, 0.4) is 0 Å². The van der Waals surface area contributed by atoms with Crippen LogP contribution in [-0.4, -0.2) is 20.1 Å². The SMILES string of the molecule is COc1ccc(Cl)cc1N(C)C(=N)N. The molecule has 1 aromatic rings. The molecule has 0 aromatic heterocycles. The normalized spacial score (nSPS) is 9.64. The van der Waals surface area contributed by atoms with E-state index in [4.69, 9.17) is 27.5 Å². The number of hydrogen-bond donors (Lipinski definition) is 2. The summed E-state index contributed by atoms with van der Waals surface area (Å²) in [6, 6.07) is 5.15. The number of methoxy groups -OCH3 is 1. The van der Waals surface area contributed by atoms with Crippen molar-refractivity contribution < 1.29 is 4.74 Å². The van der Waals surface area contributed by atoms with Crippen molar-refractivity contribution in [3.8, 4) is 5.75 Å². The number of anilines is 1. The number of nitrogens with one attached hydrogen (secondary N) is 1. The molecule has 0 saturated heterocycles. The van der Waals surface area contributed by atoms with E-state index in [2.05, 4.69) is 0 Å². The van der Waals surface area contributed by atoms with Gasteiger partial charge in [0, 0.05) is 12.1 Å². The molecule has 0 saturated carbocycles. The van der Waals surface area contributed by atoms with E-state index in [1.54, 1.807) is 32.4 Å². The maximum Gasteiger partial charge on any atom is 0.192 e. The predicted molar refractivity (Wildman–Crippen MR) is 58.3 cm³/mol. The number of guanidine groups is 1. The Hall–Kier alpha value is -1.42. The molecule has 0 amide bonds. The standard InChI is InChI=1S/C9H12ClN3O/c1-13(9(11)12)7-5-6(10)3-4-8(7)14-2/h3-5H,1-2H3,(H3,11,12). The van der Waals surface area contributed by atoms with Gasteiger partial charge < -0.3 is 15.4 Å². The monoisotopic (exact) mass is 213 g/mol. The fraction of sp³-hybridized carbons (Fsp3) is 0.222. The second kappa shape index (κ2) is 4.19. The summed E-state index contributed by atoms with van der Waals surface area (Å²) in [6.07, 6.45) is 0. The largest absolute Gasteiger partial charge is 0.495 e. The molecule has 0 aliphatic rings. The lowest BCUT2D eigenvalue weighted by Crippen LogP contribution is -2.32. The van der Waals surface area contributed by atoms with Gasteiger partial charge in [0.2, 0.25) is 0 Å². The summed E-state index contributed by atoms with van der Waals surface area (Å²) in [5, 5.41) is 7.86. The summed E-state index contributed by atoms with van der Waals surface area (Å²) in [4.78, 5) is 1.49. The molecule has 0 aliphatic heterocycles. The molecule has 0 heterocycles. The van der Waals surface area contributed by atoms with Gasteiger partial charge in [-0.25, -0.2) is 0 Å². The molecule has 5 heteroatoms. The highest BCUT2D eigenvalue weighted by Crippen LogP contribution is 2.29. The van der Waals surface area contributed by atoms with Crippen LogP contribution in [0, 0.1) is 5.41 Å². The topological polar surface area (TPSA) is 62.3 Å². The summed E-state index contributed by atoms with van der Waals surface area (Å²) in [6.45, 7) is 0. The highest BCUT2D eigenvalue weighted by molar-refractivity contribution is 6.31. The first-order valence-electron chi connectivity index (χ1n) is 3.97. The van der Waals surface area contributed by atoms with Gasteiger partial charge in [0.1, 0.15) is 5.75 Å². The average Bonchev–Trinajstić information content (AvgIpc) is 2.16. The van der Waals surface area contributed by atoms with Crippen molar-refractivity contribution in [2.24, 2.45) is 5.73 Å². The smallest absolute Gasteiger partial charge is 0.192 e. The van der Waals surface area contributed by atoms with Gasteiger partial charge in [-0.2, -0.15) is 0 Å². The van der Waals surface area contributed by atoms with Crippen molar-refractivity contribution in [3.63, 3.8) is 0 Å². The van der Waals surface area contributed by atoms with Crippen LogP contribution >= 0.6 is 11.6 Å². The zero-order valence-corrected chi connectivity index (χ0v) is 8.80. The van der Waals surface area contributed by atoms with E-state index in [9.17, 15) is 0 Å². The van der Waals surface area contributed by atoms with Crippen molar-refractivity contribution in [2.75, 3.05) is 19.1 Å². The van der Waals surface area contributed by atoms with Crippen LogP contribution in [0.25, 0.3) is 0 Å². The lowest BCUT2D eigenvalue weighted by atomic mass is 10.2. The number of rotatable bonds is 2. The first kappa shape index (κ1) is 10.7. The lowest BCUT2D eigenvalue weighted by molar-refractivity contribution is 0.416. The Balaban J connectivity index is 3.16. The maximum absolute atomic E-state index is 7.29. The second-order valence-electron chi connectivity index (χ2n) is 2.76. The van der Waals surface area contributed by atoms with E-state index in [1.807, 2.05) is 0 Å². The number of ether oxygens (including phenoxy) is 1. The Morgan fingerprint density at radius 1 is 1.57 bits per heavy atom. The van der Waals surface area contributed by atoms with Crippen molar-refractivity contribution in [1.29, 1.82) is 5.41 Å². The summed E-state index contributed by atoms with van der Waals surface area (Å²) in [5.74, 6) is 0.567. The minimum absolute atomic E-state index is 0.0643. The van der Waals surface area contributed by atoms with Gasteiger partial charge in [-0.15, -0.1) is 0 Å². The zero-order valence-electron chi connectivity index (χ0n) is 8.04. The Morgan fingerprint density at radius 3 is 2.71 bits per heavy atom. The van der Waals surface area contributed by atoms with Crippen LogP contribution in [0.1, 0.15) is 0 Å². The van der Waals surface area contributed by atoms with Gasteiger partial charge in [-0.1, -0.05) is 11.6 Å². The van der Waals surface area contributed by atoms with Gasteiger partial charge in [-0.05, 0) is 18.2 Å². The molecule has 76 valence electrons. The van der Waals surface area contributed by atoms with Crippen molar-refractivity contribution in [1.82, 2.24) is 0 Å². The number of nitrogens with zero attached hydrogens (tertiary/aromatic N) is 1. The van der Waals surface area contributed by atoms with Gasteiger partial charge in [-0.3, -0.25) is 5.41 Å². The molecule has 4 nitrogen and oxygen atoms in total. The fourth-order valence-corrected chi connectivity index (χ4v) is 1.22. The molecular weight excluding hydrogens is 202 g/mol. The molecule has 1 rings (SSSR count). The third-order valence-electron chi connectivity index (χ3n) is 1.86. The minimum Gasteiger partial charge on any atom is -0.495 e. The number of nitrogens with two attached hydrogens (primary N) is 1. The van der Waals surface area contributed by atoms with Gasteiger partial charge >= 0.3 is 0 Å². The van der Waals surface area contributed by atoms with Crippen molar-refractivity contribution in [3.05, 3.63) is 23.2 Å². The van der Waals surface area contributed by atoms with E-state index in [1.165, 1.54) is 4.90 Å². The van der Waals surface area contributed by atoms with Gasteiger partial charge in [0.15, 0.2) is 5.96 Å². The number of halogens is 1. The molecule has 0 unspecified atom stereocenters. The molecule has 14 heavy (non-hydrogen) atoms. The Bertz CT molecular complexity index is 354. The molecule has 0 atom stereocenters. The van der Waals surface area contributed by atoms with Gasteiger partial charge in [0.05, 0.1) is 12.8 Å². The minimum atomic E-state index is -0.0643. The first-order chi connectivity index (χ1) is 6.56. The molecule has 0 radical (unpaired) electrons. The fourth-order valence-electron chi connectivity index (χ4n) is 1.06. The molecule has 0 spiro atoms. The van der Waals surface area contributed by atoms with E-state index in [0.29, 0.717) is 16.5 Å². The van der Waals surface area contributed by atoms with Crippen LogP contribution < -0.4 is 15.4 Å². The third kappa shape index (κ3) is 2.09. The summed E-state index contributed by atoms with van der Waals surface area (Å²) >= 11 is 5.83. The van der Waals surface area contributed by atoms with Crippen LogP contribution in [0.5, 0.6) is 5.75 Å². The Labute approximate surface area is 87.7 Å². The third-order valence-corrected chi connectivity index (χ3v) is 2.10. The molecule has 0 bridgehead atoms. The van der Waals surface area contributed by atoms with Crippen LogP contribution in [0.15, 0.2) is 18.2 Å². The molecule has 0 aliphatic carbocycles. The van der Waals surface area contributed by atoms with Crippen LogP contribution in [0.4, 0.5) is 5.69 Å². The lowest BCUT2D eigenvalue weighted by Gasteiger charge is -2.19. The molecule has 1 aromatic carbocycles. The summed E-state index contributed by atoms with van der Waals surface area (Å²) in [5.41, 5.74) is 6.03. The quantitative estimate of drug-likeness (QED) is 0.581. The van der Waals surface area contributed by atoms with E-state index < -0.39 is 0 Å². The zero-order chi connectivity index (χ0) is 10.7. The molecule has 0 fully saturated rings. The number of hydrogen-bond acceptors (Lipinski definition) is 2. The van der Waals surface area contributed by atoms with Gasteiger partial charge in [0.25, 0.3) is 0 Å². The Kier molecular flexibility index (Phi) is 3.19. The summed E-state index contributed by atoms with van der Waals surface area (Å²) in [7, 11) is 3.23. The highest BCUT2D eigenvalue weighted by atomic mass is 35.5. The van der Waals surface area contributed by atoms with E-state index >= 15 is 0 Å². The predicted octanol–water partition coefficient (Wildman–Crippen LogP) is 1.68. The maximum atomic E-state index is 7.29. The molecule has 3 N–H and O–H groups in total. The van der Waals surface area contributed by atoms with E-state index in [0.717, 1.165) is 0 Å². The second-order valence-corrected chi connectivity index (χ2v) is 3.20.